The molecule has 48 heavy (non-hydrogen) atoms. The van der Waals surface area contributed by atoms with Crippen molar-refractivity contribution in [1.29, 1.82) is 0 Å². The minimum Gasteiger partial charge on any atom is -0.493 e. The lowest BCUT2D eigenvalue weighted by molar-refractivity contribution is -0.142. The monoisotopic (exact) mass is 732 g/mol. The van der Waals surface area contributed by atoms with E-state index in [2.05, 4.69) is 16.0 Å². The quantitative estimate of drug-likeness (QED) is 0.251. The second kappa shape index (κ2) is 13.1. The van der Waals surface area contributed by atoms with Crippen LogP contribution in [0.4, 0.5) is 0 Å². The van der Waals surface area contributed by atoms with E-state index in [4.69, 9.17) is 39.5 Å². The van der Waals surface area contributed by atoms with E-state index in [-0.39, 0.29) is 27.8 Å². The maximum absolute atomic E-state index is 15.5. The van der Waals surface area contributed by atoms with E-state index < -0.39 is 26.6 Å². The molecule has 258 valence electrons. The van der Waals surface area contributed by atoms with Gasteiger partial charge in [0.1, 0.15) is 5.75 Å². The summed E-state index contributed by atoms with van der Waals surface area (Å²) in [6.07, 6.45) is 5.08. The Morgan fingerprint density at radius 3 is 1.79 bits per heavy atom. The fraction of sp³-hybridized carbons (Fsp3) is 0.472. The molecule has 8 nitrogen and oxygen atoms in total. The van der Waals surface area contributed by atoms with Crippen LogP contribution in [0.15, 0.2) is 65.6 Å². The van der Waals surface area contributed by atoms with Crippen LogP contribution < -0.4 is 20.7 Å². The van der Waals surface area contributed by atoms with Gasteiger partial charge in [-0.05, 0) is 106 Å². The van der Waals surface area contributed by atoms with Gasteiger partial charge >= 0.3 is 0 Å². The molecule has 3 aliphatic heterocycles. The average Bonchev–Trinajstić information content (AvgIpc) is 3.30. The zero-order chi connectivity index (χ0) is 34.5. The number of carbonyl (C=O) groups excluding carboxylic acids is 1. The standard InChI is InChI=1S/C36H43Cl3N4O4S/c1-5-47-30-23-29(39)31(48(4,45)46)22-28(30)36(32(44)43-20-16-35(17-21-43)14-18-40-19-15-35)41-33(2,24-6-10-26(37)11-7-24)34(3,42-36)25-8-12-27(38)13-9-25/h6-13,22-23,40-42H,5,14-21H2,1-4H3/t33-,34+,36?. The number of carbonyl (C=O) groups is 1. The number of hydrogen-bond donors (Lipinski definition) is 3. The zero-order valence-electron chi connectivity index (χ0n) is 27.8. The molecule has 0 aromatic heterocycles. The van der Waals surface area contributed by atoms with Crippen molar-refractivity contribution in [3.05, 3.63) is 92.4 Å². The third-order valence-electron chi connectivity index (χ3n) is 11.0. The second-order valence-electron chi connectivity index (χ2n) is 13.8. The SMILES string of the molecule is CCOc1cc(Cl)c(S(C)(=O)=O)cc1C1(C(=O)N2CCC3(CCNCC3)CC2)N[C@@](C)(c2ccc(Cl)cc2)[C@@](C)(c2ccc(Cl)cc2)N1. The Hall–Kier alpha value is -2.37. The molecule has 3 aliphatic rings. The van der Waals surface area contributed by atoms with Crippen molar-refractivity contribution >= 4 is 50.5 Å². The second-order valence-corrected chi connectivity index (χ2v) is 17.1. The van der Waals surface area contributed by atoms with Crippen LogP contribution in [-0.2, 0) is 31.4 Å². The predicted molar refractivity (Wildman–Crippen MR) is 192 cm³/mol. The first-order valence-corrected chi connectivity index (χ1v) is 19.5. The van der Waals surface area contributed by atoms with Crippen LogP contribution in [0.2, 0.25) is 15.1 Å². The summed E-state index contributed by atoms with van der Waals surface area (Å²) in [5.74, 6) is 0.0979. The average molecular weight is 734 g/mol. The lowest BCUT2D eigenvalue weighted by atomic mass is 9.71. The highest BCUT2D eigenvalue weighted by Gasteiger charge is 2.65. The van der Waals surface area contributed by atoms with Gasteiger partial charge in [-0.2, -0.15) is 0 Å². The van der Waals surface area contributed by atoms with E-state index in [9.17, 15) is 8.42 Å². The van der Waals surface area contributed by atoms with Gasteiger partial charge in [-0.1, -0.05) is 59.1 Å². The summed E-state index contributed by atoms with van der Waals surface area (Å²) in [5, 5.41) is 12.2. The van der Waals surface area contributed by atoms with E-state index in [1.807, 2.05) is 74.2 Å². The number of ether oxygens (including phenoxy) is 1. The van der Waals surface area contributed by atoms with Crippen LogP contribution in [0.1, 0.15) is 63.1 Å². The summed E-state index contributed by atoms with van der Waals surface area (Å²) < 4.78 is 32.4. The largest absolute Gasteiger partial charge is 0.493 e. The van der Waals surface area contributed by atoms with E-state index in [1.165, 1.54) is 12.1 Å². The molecule has 6 rings (SSSR count). The number of likely N-dealkylation sites (tertiary alicyclic amines) is 1. The lowest BCUT2D eigenvalue weighted by Gasteiger charge is -2.46. The summed E-state index contributed by atoms with van der Waals surface area (Å²) in [4.78, 5) is 17.3. The van der Waals surface area contributed by atoms with Crippen molar-refractivity contribution < 1.29 is 17.9 Å². The van der Waals surface area contributed by atoms with Gasteiger partial charge in [0.15, 0.2) is 15.5 Å². The Balaban J connectivity index is 1.58. The van der Waals surface area contributed by atoms with Crippen molar-refractivity contribution in [2.24, 2.45) is 5.41 Å². The van der Waals surface area contributed by atoms with E-state index in [0.29, 0.717) is 34.4 Å². The first kappa shape index (κ1) is 35.5. The number of nitrogens with zero attached hydrogens (tertiary/aromatic N) is 1. The molecule has 3 aromatic rings. The minimum absolute atomic E-state index is 0.0250. The molecule has 3 atom stereocenters. The van der Waals surface area contributed by atoms with Crippen molar-refractivity contribution in [1.82, 2.24) is 20.9 Å². The maximum Gasteiger partial charge on any atom is 0.262 e. The fourth-order valence-electron chi connectivity index (χ4n) is 7.94. The van der Waals surface area contributed by atoms with Gasteiger partial charge < -0.3 is 15.0 Å². The highest BCUT2D eigenvalue weighted by atomic mass is 35.5. The number of rotatable bonds is 7. The zero-order valence-corrected chi connectivity index (χ0v) is 30.8. The Kier molecular flexibility index (Phi) is 9.65. The maximum atomic E-state index is 15.5. The van der Waals surface area contributed by atoms with E-state index in [0.717, 1.165) is 56.2 Å². The Labute approximate surface area is 298 Å². The molecule has 1 amide bonds. The Morgan fingerprint density at radius 2 is 1.33 bits per heavy atom. The number of benzene rings is 3. The molecule has 3 saturated heterocycles. The smallest absolute Gasteiger partial charge is 0.262 e. The number of nitrogens with one attached hydrogen (secondary N) is 3. The summed E-state index contributed by atoms with van der Waals surface area (Å²) >= 11 is 19.3. The molecule has 12 heteroatoms. The van der Waals surface area contributed by atoms with Crippen LogP contribution >= 0.6 is 34.8 Å². The van der Waals surface area contributed by atoms with E-state index in [1.54, 1.807) is 0 Å². The molecule has 3 fully saturated rings. The van der Waals surface area contributed by atoms with Gasteiger partial charge in [0, 0.05) is 41.0 Å². The normalized spacial score (nSPS) is 27.3. The molecule has 0 radical (unpaired) electrons. The lowest BCUT2D eigenvalue weighted by Crippen LogP contribution is -2.62. The number of hydrogen-bond acceptors (Lipinski definition) is 7. The van der Waals surface area contributed by atoms with Gasteiger partial charge in [0.05, 0.1) is 27.6 Å². The molecule has 0 saturated carbocycles. The van der Waals surface area contributed by atoms with Crippen molar-refractivity contribution in [2.75, 3.05) is 39.0 Å². The van der Waals surface area contributed by atoms with Crippen LogP contribution in [0, 0.1) is 5.41 Å². The van der Waals surface area contributed by atoms with Crippen molar-refractivity contribution in [3.8, 4) is 5.75 Å². The van der Waals surface area contributed by atoms with Crippen LogP contribution in [-0.4, -0.2) is 58.3 Å². The first-order valence-electron chi connectivity index (χ1n) is 16.4. The number of halogens is 3. The van der Waals surface area contributed by atoms with Gasteiger partial charge in [-0.25, -0.2) is 8.42 Å². The summed E-state index contributed by atoms with van der Waals surface area (Å²) in [6.45, 7) is 9.32. The highest BCUT2D eigenvalue weighted by Crippen LogP contribution is 2.53. The van der Waals surface area contributed by atoms with Crippen LogP contribution in [0.25, 0.3) is 0 Å². The predicted octanol–water partition coefficient (Wildman–Crippen LogP) is 6.62. The molecule has 0 bridgehead atoms. The topological polar surface area (TPSA) is 99.8 Å². The number of amides is 1. The highest BCUT2D eigenvalue weighted by molar-refractivity contribution is 7.90. The van der Waals surface area contributed by atoms with Crippen molar-refractivity contribution in [3.63, 3.8) is 0 Å². The van der Waals surface area contributed by atoms with Crippen molar-refractivity contribution in [2.45, 2.75) is 68.1 Å². The molecule has 3 heterocycles. The summed E-state index contributed by atoms with van der Waals surface area (Å²) in [5.41, 5.74) is -1.26. The Bertz CT molecular complexity index is 1730. The molecular formula is C36H43Cl3N4O4S. The number of sulfone groups is 1. The molecular weight excluding hydrogens is 691 g/mol. The fourth-order valence-corrected chi connectivity index (χ4v) is 9.51. The minimum atomic E-state index is -3.79. The van der Waals surface area contributed by atoms with Gasteiger partial charge in [-0.15, -0.1) is 0 Å². The molecule has 3 N–H and O–H groups in total. The molecule has 1 unspecified atom stereocenters. The van der Waals surface area contributed by atoms with E-state index >= 15 is 4.79 Å². The van der Waals surface area contributed by atoms with Gasteiger partial charge in [0.25, 0.3) is 5.91 Å². The summed E-state index contributed by atoms with van der Waals surface area (Å²) in [6, 6.07) is 18.1. The van der Waals surface area contributed by atoms with Gasteiger partial charge in [0.2, 0.25) is 0 Å². The summed E-state index contributed by atoms with van der Waals surface area (Å²) in [7, 11) is -3.79. The molecule has 3 aromatic carbocycles. The number of piperidine rings is 2. The molecule has 0 aliphatic carbocycles. The van der Waals surface area contributed by atoms with Crippen LogP contribution in [0.3, 0.4) is 0 Å². The van der Waals surface area contributed by atoms with Crippen LogP contribution in [0.5, 0.6) is 5.75 Å². The third kappa shape index (κ3) is 6.14. The molecule has 1 spiro atoms. The van der Waals surface area contributed by atoms with Gasteiger partial charge in [-0.3, -0.25) is 15.4 Å². The third-order valence-corrected chi connectivity index (χ3v) is 13.0. The Morgan fingerprint density at radius 1 is 0.833 bits per heavy atom. The first-order chi connectivity index (χ1) is 22.7.